The number of aromatic nitrogens is 2. The summed E-state index contributed by atoms with van der Waals surface area (Å²) in [7, 11) is 0. The van der Waals surface area contributed by atoms with E-state index in [1.807, 2.05) is 31.2 Å². The third kappa shape index (κ3) is 1.58. The number of aryl methyl sites for hydroxylation is 1. The molecular weight excluding hydrogens is 184 g/mol. The van der Waals surface area contributed by atoms with E-state index < -0.39 is 0 Å². The predicted octanol–water partition coefficient (Wildman–Crippen LogP) is 3.04. The van der Waals surface area contributed by atoms with Crippen molar-refractivity contribution in [2.24, 2.45) is 0 Å². The van der Waals surface area contributed by atoms with Crippen LogP contribution in [0.2, 0.25) is 5.02 Å². The van der Waals surface area contributed by atoms with Crippen molar-refractivity contribution in [3.8, 4) is 11.3 Å². The Morgan fingerprint density at radius 1 is 1.31 bits per heavy atom. The molecule has 0 aliphatic rings. The third-order valence-corrected chi connectivity index (χ3v) is 2.23. The van der Waals surface area contributed by atoms with Crippen molar-refractivity contribution in [1.29, 1.82) is 0 Å². The van der Waals surface area contributed by atoms with E-state index in [1.54, 1.807) is 6.20 Å². The van der Waals surface area contributed by atoms with E-state index in [0.29, 0.717) is 0 Å². The van der Waals surface area contributed by atoms with Gasteiger partial charge in [0.25, 0.3) is 0 Å². The number of nitrogens with zero attached hydrogens (tertiary/aromatic N) is 1. The zero-order chi connectivity index (χ0) is 9.26. The summed E-state index contributed by atoms with van der Waals surface area (Å²) in [5.74, 6) is 0. The Balaban J connectivity index is 2.53. The van der Waals surface area contributed by atoms with Crippen LogP contribution < -0.4 is 0 Å². The molecule has 0 atom stereocenters. The molecule has 0 aliphatic heterocycles. The number of H-pyrrole nitrogens is 1. The summed E-state index contributed by atoms with van der Waals surface area (Å²) in [4.78, 5) is 0. The number of aromatic amines is 1. The lowest BCUT2D eigenvalue weighted by Gasteiger charge is -2.01. The van der Waals surface area contributed by atoms with Gasteiger partial charge >= 0.3 is 0 Å². The van der Waals surface area contributed by atoms with Gasteiger partial charge in [0.15, 0.2) is 0 Å². The molecule has 1 heterocycles. The molecule has 0 unspecified atom stereocenters. The molecule has 1 N–H and O–H groups in total. The van der Waals surface area contributed by atoms with E-state index in [0.717, 1.165) is 21.8 Å². The molecule has 0 aliphatic carbocycles. The zero-order valence-corrected chi connectivity index (χ0v) is 7.97. The first kappa shape index (κ1) is 8.32. The van der Waals surface area contributed by atoms with E-state index in [-0.39, 0.29) is 0 Å². The van der Waals surface area contributed by atoms with Crippen LogP contribution in [0.3, 0.4) is 0 Å². The van der Waals surface area contributed by atoms with Gasteiger partial charge in [0.05, 0.1) is 10.7 Å². The summed E-state index contributed by atoms with van der Waals surface area (Å²) in [6.45, 7) is 2.02. The fourth-order valence-corrected chi connectivity index (χ4v) is 1.58. The topological polar surface area (TPSA) is 28.7 Å². The van der Waals surface area contributed by atoms with Crippen molar-refractivity contribution in [2.45, 2.75) is 6.92 Å². The maximum Gasteiger partial charge on any atom is 0.0665 e. The first-order chi connectivity index (χ1) is 6.27. The van der Waals surface area contributed by atoms with Gasteiger partial charge in [-0.1, -0.05) is 23.7 Å². The molecule has 66 valence electrons. The molecule has 13 heavy (non-hydrogen) atoms. The van der Waals surface area contributed by atoms with Crippen LogP contribution in [0.1, 0.15) is 5.56 Å². The molecule has 2 nitrogen and oxygen atoms in total. The van der Waals surface area contributed by atoms with Crippen molar-refractivity contribution in [2.75, 3.05) is 0 Å². The Bertz CT molecular complexity index is 407. The average molecular weight is 193 g/mol. The lowest BCUT2D eigenvalue weighted by atomic mass is 10.1. The van der Waals surface area contributed by atoms with Crippen LogP contribution in [0, 0.1) is 6.92 Å². The second kappa shape index (κ2) is 3.23. The standard InChI is InChI=1S/C10H9ClN2/c1-7-2-3-8(9(11)6-7)10-4-5-12-13-10/h2-6H,1H3,(H,12,13). The number of nitrogens with one attached hydrogen (secondary N) is 1. The molecule has 1 aromatic carbocycles. The highest BCUT2D eigenvalue weighted by atomic mass is 35.5. The normalized spacial score (nSPS) is 10.3. The summed E-state index contributed by atoms with van der Waals surface area (Å²) < 4.78 is 0. The molecule has 0 spiro atoms. The molecule has 2 aromatic rings. The highest BCUT2D eigenvalue weighted by Gasteiger charge is 2.03. The number of hydrogen-bond acceptors (Lipinski definition) is 1. The number of benzene rings is 1. The summed E-state index contributed by atoms with van der Waals surface area (Å²) in [6, 6.07) is 7.86. The molecule has 3 heteroatoms. The highest BCUT2D eigenvalue weighted by Crippen LogP contribution is 2.26. The Labute approximate surface area is 81.6 Å². The van der Waals surface area contributed by atoms with Gasteiger partial charge in [-0.15, -0.1) is 0 Å². The van der Waals surface area contributed by atoms with Crippen molar-refractivity contribution >= 4 is 11.6 Å². The fourth-order valence-electron chi connectivity index (χ4n) is 1.24. The molecule has 0 saturated heterocycles. The van der Waals surface area contributed by atoms with Crippen molar-refractivity contribution < 1.29 is 0 Å². The largest absolute Gasteiger partial charge is 0.278 e. The molecular formula is C10H9ClN2. The Kier molecular flexibility index (Phi) is 2.07. The summed E-state index contributed by atoms with van der Waals surface area (Å²) in [5, 5.41) is 7.51. The molecule has 2 rings (SSSR count). The van der Waals surface area contributed by atoms with Gasteiger partial charge in [0.1, 0.15) is 0 Å². The van der Waals surface area contributed by atoms with Crippen LogP contribution >= 0.6 is 11.6 Å². The van der Waals surface area contributed by atoms with E-state index in [2.05, 4.69) is 10.2 Å². The minimum atomic E-state index is 0.754. The van der Waals surface area contributed by atoms with Crippen LogP contribution in [0.25, 0.3) is 11.3 Å². The van der Waals surface area contributed by atoms with Gasteiger partial charge < -0.3 is 0 Å². The highest BCUT2D eigenvalue weighted by molar-refractivity contribution is 6.33. The van der Waals surface area contributed by atoms with E-state index in [1.165, 1.54) is 0 Å². The number of hydrogen-bond donors (Lipinski definition) is 1. The minimum Gasteiger partial charge on any atom is -0.278 e. The summed E-state index contributed by atoms with van der Waals surface area (Å²) in [6.07, 6.45) is 1.71. The van der Waals surface area contributed by atoms with Crippen molar-refractivity contribution in [3.05, 3.63) is 41.0 Å². The maximum atomic E-state index is 6.07. The minimum absolute atomic E-state index is 0.754. The predicted molar refractivity (Wildman–Crippen MR) is 53.8 cm³/mol. The van der Waals surface area contributed by atoms with Gasteiger partial charge in [-0.25, -0.2) is 0 Å². The van der Waals surface area contributed by atoms with E-state index in [9.17, 15) is 0 Å². The third-order valence-electron chi connectivity index (χ3n) is 1.92. The second-order valence-corrected chi connectivity index (χ2v) is 3.36. The quantitative estimate of drug-likeness (QED) is 0.739. The molecule has 0 fully saturated rings. The van der Waals surface area contributed by atoms with Crippen LogP contribution in [0.4, 0.5) is 0 Å². The Hall–Kier alpha value is -1.28. The maximum absolute atomic E-state index is 6.07. The van der Waals surface area contributed by atoms with Crippen molar-refractivity contribution in [1.82, 2.24) is 10.2 Å². The summed E-state index contributed by atoms with van der Waals surface area (Å²) >= 11 is 6.07. The van der Waals surface area contributed by atoms with Gasteiger partial charge in [0.2, 0.25) is 0 Å². The van der Waals surface area contributed by atoms with Gasteiger partial charge in [-0.3, -0.25) is 5.10 Å². The lowest BCUT2D eigenvalue weighted by Crippen LogP contribution is -1.81. The van der Waals surface area contributed by atoms with E-state index >= 15 is 0 Å². The number of rotatable bonds is 1. The van der Waals surface area contributed by atoms with Gasteiger partial charge in [0, 0.05) is 11.8 Å². The van der Waals surface area contributed by atoms with Crippen LogP contribution in [-0.2, 0) is 0 Å². The number of halogens is 1. The van der Waals surface area contributed by atoms with Gasteiger partial charge in [-0.05, 0) is 24.6 Å². The molecule has 0 bridgehead atoms. The first-order valence-corrected chi connectivity index (χ1v) is 4.41. The molecule has 0 radical (unpaired) electrons. The van der Waals surface area contributed by atoms with Crippen LogP contribution in [0.5, 0.6) is 0 Å². The Morgan fingerprint density at radius 3 is 2.77 bits per heavy atom. The smallest absolute Gasteiger partial charge is 0.0665 e. The monoisotopic (exact) mass is 192 g/mol. The van der Waals surface area contributed by atoms with E-state index in [4.69, 9.17) is 11.6 Å². The first-order valence-electron chi connectivity index (χ1n) is 4.03. The average Bonchev–Trinajstić information content (AvgIpc) is 2.56. The zero-order valence-electron chi connectivity index (χ0n) is 7.21. The van der Waals surface area contributed by atoms with Crippen LogP contribution in [0.15, 0.2) is 30.5 Å². The lowest BCUT2D eigenvalue weighted by molar-refractivity contribution is 1.09. The Morgan fingerprint density at radius 2 is 2.15 bits per heavy atom. The fraction of sp³-hybridized carbons (Fsp3) is 0.100. The molecule has 1 aromatic heterocycles. The van der Waals surface area contributed by atoms with Gasteiger partial charge in [-0.2, -0.15) is 5.10 Å². The SMILES string of the molecule is Cc1ccc(-c2ccn[nH]2)c(Cl)c1. The summed E-state index contributed by atoms with van der Waals surface area (Å²) in [5.41, 5.74) is 3.10. The van der Waals surface area contributed by atoms with Crippen molar-refractivity contribution in [3.63, 3.8) is 0 Å². The second-order valence-electron chi connectivity index (χ2n) is 2.95. The molecule has 0 saturated carbocycles. The molecule has 0 amide bonds. The van der Waals surface area contributed by atoms with Crippen LogP contribution in [-0.4, -0.2) is 10.2 Å².